The van der Waals surface area contributed by atoms with Gasteiger partial charge in [0.2, 0.25) is 11.7 Å². The average Bonchev–Trinajstić information content (AvgIpc) is 2.87. The van der Waals surface area contributed by atoms with Crippen molar-refractivity contribution in [3.05, 3.63) is 74.4 Å². The van der Waals surface area contributed by atoms with Crippen LogP contribution in [0.5, 0.6) is 17.2 Å². The zero-order valence-electron chi connectivity index (χ0n) is 21.0. The van der Waals surface area contributed by atoms with Gasteiger partial charge in [0.05, 0.1) is 34.3 Å². The number of nitrogens with zero attached hydrogens (tertiary/aromatic N) is 2. The number of aromatic amines is 1. The van der Waals surface area contributed by atoms with Crippen LogP contribution in [0.15, 0.2) is 52.1 Å². The van der Waals surface area contributed by atoms with Crippen molar-refractivity contribution in [2.45, 2.75) is 39.3 Å². The third-order valence-electron chi connectivity index (χ3n) is 5.78. The number of rotatable bonds is 11. The molecule has 10 nitrogen and oxygen atoms in total. The number of H-pyrrole nitrogens is 1. The SMILES string of the molecule is CCCCn1c(N)c(N(Cc2ccccc2)C(=O)Cc2cc(OC)c(OC)c(OC)c2)c(=O)[nH]c1=O. The van der Waals surface area contributed by atoms with E-state index in [1.54, 1.807) is 12.1 Å². The van der Waals surface area contributed by atoms with E-state index in [0.29, 0.717) is 35.8 Å². The molecule has 2 aromatic carbocycles. The summed E-state index contributed by atoms with van der Waals surface area (Å²) >= 11 is 0. The molecule has 0 saturated carbocycles. The lowest BCUT2D eigenvalue weighted by molar-refractivity contribution is -0.118. The predicted octanol–water partition coefficient (Wildman–Crippen LogP) is 2.72. The number of amides is 1. The Hall–Kier alpha value is -4.21. The molecule has 3 rings (SSSR count). The number of anilines is 2. The first-order valence-electron chi connectivity index (χ1n) is 11.6. The first kappa shape index (κ1) is 26.4. The zero-order chi connectivity index (χ0) is 26.2. The van der Waals surface area contributed by atoms with Gasteiger partial charge in [-0.3, -0.25) is 24.0 Å². The van der Waals surface area contributed by atoms with Gasteiger partial charge in [-0.2, -0.15) is 0 Å². The molecule has 3 aromatic rings. The normalized spacial score (nSPS) is 10.7. The van der Waals surface area contributed by atoms with Gasteiger partial charge in [-0.25, -0.2) is 4.79 Å². The highest BCUT2D eigenvalue weighted by atomic mass is 16.5. The van der Waals surface area contributed by atoms with Crippen molar-refractivity contribution >= 4 is 17.4 Å². The third-order valence-corrected chi connectivity index (χ3v) is 5.78. The summed E-state index contributed by atoms with van der Waals surface area (Å²) in [5.41, 5.74) is 6.32. The molecule has 1 heterocycles. The van der Waals surface area contributed by atoms with Gasteiger partial charge >= 0.3 is 5.69 Å². The summed E-state index contributed by atoms with van der Waals surface area (Å²) in [5, 5.41) is 0. The topological polar surface area (TPSA) is 129 Å². The molecule has 3 N–H and O–H groups in total. The van der Waals surface area contributed by atoms with E-state index < -0.39 is 17.2 Å². The second-order valence-electron chi connectivity index (χ2n) is 8.17. The van der Waals surface area contributed by atoms with E-state index in [0.717, 1.165) is 12.0 Å². The summed E-state index contributed by atoms with van der Waals surface area (Å²) in [6, 6.07) is 12.6. The van der Waals surface area contributed by atoms with Gasteiger partial charge in [0.25, 0.3) is 5.56 Å². The molecule has 192 valence electrons. The summed E-state index contributed by atoms with van der Waals surface area (Å²) in [6.07, 6.45) is 1.43. The average molecular weight is 497 g/mol. The van der Waals surface area contributed by atoms with E-state index in [-0.39, 0.29) is 24.5 Å². The molecule has 1 aromatic heterocycles. The zero-order valence-corrected chi connectivity index (χ0v) is 21.0. The van der Waals surface area contributed by atoms with Crippen LogP contribution >= 0.6 is 0 Å². The summed E-state index contributed by atoms with van der Waals surface area (Å²) in [4.78, 5) is 42.7. The van der Waals surface area contributed by atoms with E-state index in [2.05, 4.69) is 4.98 Å². The summed E-state index contributed by atoms with van der Waals surface area (Å²) in [6.45, 7) is 2.39. The van der Waals surface area contributed by atoms with Crippen LogP contribution in [0.2, 0.25) is 0 Å². The summed E-state index contributed by atoms with van der Waals surface area (Å²) in [7, 11) is 4.48. The molecule has 0 bridgehead atoms. The molecule has 0 radical (unpaired) electrons. The molecular weight excluding hydrogens is 464 g/mol. The third kappa shape index (κ3) is 5.70. The first-order chi connectivity index (χ1) is 17.3. The van der Waals surface area contributed by atoms with Gasteiger partial charge < -0.3 is 19.9 Å². The number of aromatic nitrogens is 2. The molecule has 0 fully saturated rings. The predicted molar refractivity (Wildman–Crippen MR) is 138 cm³/mol. The van der Waals surface area contributed by atoms with E-state index >= 15 is 0 Å². The maximum Gasteiger partial charge on any atom is 0.330 e. The quantitative estimate of drug-likeness (QED) is 0.418. The smallest absolute Gasteiger partial charge is 0.330 e. The number of nitrogens with one attached hydrogen (secondary N) is 1. The van der Waals surface area contributed by atoms with E-state index in [4.69, 9.17) is 19.9 Å². The Morgan fingerprint density at radius 1 is 1.00 bits per heavy atom. The Balaban J connectivity index is 2.09. The number of hydrogen-bond acceptors (Lipinski definition) is 7. The lowest BCUT2D eigenvalue weighted by atomic mass is 10.1. The van der Waals surface area contributed by atoms with Crippen molar-refractivity contribution in [3.63, 3.8) is 0 Å². The maximum absolute atomic E-state index is 13.7. The molecule has 0 spiro atoms. The fourth-order valence-corrected chi connectivity index (χ4v) is 3.94. The number of methoxy groups -OCH3 is 3. The van der Waals surface area contributed by atoms with Crippen LogP contribution in [0, 0.1) is 0 Å². The lowest BCUT2D eigenvalue weighted by Crippen LogP contribution is -2.41. The molecule has 0 unspecified atom stereocenters. The standard InChI is InChI=1S/C26H32N4O6/c1-5-6-12-29-24(27)22(25(32)28-26(29)33)30(16-17-10-8-7-9-11-17)21(31)15-18-13-19(34-2)23(36-4)20(14-18)35-3/h7-11,13-14H,5-6,12,15-16,27H2,1-4H3,(H,28,32,33). The van der Waals surface area contributed by atoms with Crippen LogP contribution in [-0.4, -0.2) is 36.8 Å². The molecule has 0 aliphatic rings. The van der Waals surface area contributed by atoms with Crippen LogP contribution in [0.25, 0.3) is 0 Å². The molecular formula is C26H32N4O6. The Morgan fingerprint density at radius 3 is 2.19 bits per heavy atom. The first-order valence-corrected chi connectivity index (χ1v) is 11.6. The Morgan fingerprint density at radius 2 is 1.64 bits per heavy atom. The fraction of sp³-hybridized carbons (Fsp3) is 0.346. The van der Waals surface area contributed by atoms with Gasteiger partial charge in [-0.1, -0.05) is 43.7 Å². The van der Waals surface area contributed by atoms with Crippen LogP contribution in [0.4, 0.5) is 11.5 Å². The number of nitrogens with two attached hydrogens (primary N) is 1. The minimum atomic E-state index is -0.723. The maximum atomic E-state index is 13.7. The second kappa shape index (κ2) is 12.0. The van der Waals surface area contributed by atoms with Crippen LogP contribution < -0.4 is 36.1 Å². The van der Waals surface area contributed by atoms with Crippen LogP contribution in [-0.2, 0) is 24.3 Å². The number of unbranched alkanes of at least 4 members (excludes halogenated alkanes) is 1. The van der Waals surface area contributed by atoms with Crippen molar-refractivity contribution in [1.82, 2.24) is 9.55 Å². The molecule has 1 amide bonds. The van der Waals surface area contributed by atoms with Crippen molar-refractivity contribution in [3.8, 4) is 17.2 Å². The number of carbonyl (C=O) groups is 1. The molecule has 0 saturated heterocycles. The number of carbonyl (C=O) groups excluding carboxylic acids is 1. The number of nitrogen functional groups attached to an aromatic ring is 1. The van der Waals surface area contributed by atoms with Crippen LogP contribution in [0.1, 0.15) is 30.9 Å². The number of ether oxygens (including phenoxy) is 3. The lowest BCUT2D eigenvalue weighted by Gasteiger charge is -2.25. The Labute approximate surface area is 209 Å². The molecule has 0 atom stereocenters. The van der Waals surface area contributed by atoms with Gasteiger partial charge in [-0.15, -0.1) is 0 Å². The van der Waals surface area contributed by atoms with E-state index in [1.165, 1.54) is 30.8 Å². The van der Waals surface area contributed by atoms with E-state index in [9.17, 15) is 14.4 Å². The van der Waals surface area contributed by atoms with E-state index in [1.807, 2.05) is 37.3 Å². The molecule has 36 heavy (non-hydrogen) atoms. The summed E-state index contributed by atoms with van der Waals surface area (Å²) in [5.74, 6) is 0.762. The Bertz CT molecular complexity index is 1290. The molecule has 10 heteroatoms. The second-order valence-corrected chi connectivity index (χ2v) is 8.17. The highest BCUT2D eigenvalue weighted by Crippen LogP contribution is 2.38. The fourth-order valence-electron chi connectivity index (χ4n) is 3.94. The monoisotopic (exact) mass is 496 g/mol. The van der Waals surface area contributed by atoms with Gasteiger partial charge in [0.1, 0.15) is 5.82 Å². The number of hydrogen-bond donors (Lipinski definition) is 2. The van der Waals surface area contributed by atoms with Gasteiger partial charge in [-0.05, 0) is 29.7 Å². The highest BCUT2D eigenvalue weighted by molar-refractivity contribution is 5.96. The molecule has 0 aliphatic carbocycles. The number of benzene rings is 2. The van der Waals surface area contributed by atoms with Crippen molar-refractivity contribution in [2.24, 2.45) is 0 Å². The van der Waals surface area contributed by atoms with Crippen molar-refractivity contribution in [2.75, 3.05) is 32.0 Å². The summed E-state index contributed by atoms with van der Waals surface area (Å²) < 4.78 is 17.5. The highest BCUT2D eigenvalue weighted by Gasteiger charge is 2.25. The van der Waals surface area contributed by atoms with Gasteiger partial charge in [0, 0.05) is 6.54 Å². The minimum absolute atomic E-state index is 0.0497. The van der Waals surface area contributed by atoms with Crippen molar-refractivity contribution < 1.29 is 19.0 Å². The minimum Gasteiger partial charge on any atom is -0.493 e. The van der Waals surface area contributed by atoms with Gasteiger partial charge in [0.15, 0.2) is 17.2 Å². The Kier molecular flexibility index (Phi) is 8.77. The van der Waals surface area contributed by atoms with Crippen molar-refractivity contribution in [1.29, 1.82) is 0 Å². The molecule has 0 aliphatic heterocycles. The van der Waals surface area contributed by atoms with Crippen LogP contribution in [0.3, 0.4) is 0 Å². The largest absolute Gasteiger partial charge is 0.493 e.